The van der Waals surface area contributed by atoms with Gasteiger partial charge in [-0.3, -0.25) is 14.4 Å². The second-order valence-corrected chi connectivity index (χ2v) is 4.17. The lowest BCUT2D eigenvalue weighted by atomic mass is 10.1. The third-order valence-electron chi connectivity index (χ3n) is 2.29. The standard InChI is InChI=1S/C12H23N3O3/c1-4-5-11(17)15-10(8-9(2)16)12(18)14-7-6-13-3/h10,13H,4-8H2,1-3H3,(H,14,18)(H,15,17). The molecule has 1 atom stereocenters. The van der Waals surface area contributed by atoms with Crippen molar-refractivity contribution < 1.29 is 14.4 Å². The maximum Gasteiger partial charge on any atom is 0.243 e. The number of Topliss-reactive ketones (excluding diaryl/α,β-unsaturated/α-hetero) is 1. The van der Waals surface area contributed by atoms with Crippen LogP contribution in [-0.4, -0.2) is 43.8 Å². The van der Waals surface area contributed by atoms with Crippen LogP contribution in [0.1, 0.15) is 33.1 Å². The van der Waals surface area contributed by atoms with Crippen molar-refractivity contribution in [2.24, 2.45) is 0 Å². The molecule has 3 N–H and O–H groups in total. The summed E-state index contributed by atoms with van der Waals surface area (Å²) in [7, 11) is 1.78. The van der Waals surface area contributed by atoms with Crippen molar-refractivity contribution in [3.63, 3.8) is 0 Å². The minimum Gasteiger partial charge on any atom is -0.353 e. The van der Waals surface area contributed by atoms with Gasteiger partial charge in [0.2, 0.25) is 11.8 Å². The molecule has 2 amide bonds. The third kappa shape index (κ3) is 7.78. The highest BCUT2D eigenvalue weighted by molar-refractivity contribution is 5.91. The van der Waals surface area contributed by atoms with Gasteiger partial charge in [-0.15, -0.1) is 0 Å². The highest BCUT2D eigenvalue weighted by Crippen LogP contribution is 1.96. The lowest BCUT2D eigenvalue weighted by Crippen LogP contribution is -2.48. The number of carbonyl (C=O) groups excluding carboxylic acids is 3. The number of amides is 2. The SMILES string of the molecule is CCCC(=O)NC(CC(C)=O)C(=O)NCCNC. The highest BCUT2D eigenvalue weighted by atomic mass is 16.2. The van der Waals surface area contributed by atoms with Crippen molar-refractivity contribution in [3.8, 4) is 0 Å². The van der Waals surface area contributed by atoms with Crippen molar-refractivity contribution >= 4 is 17.6 Å². The molecule has 0 aromatic carbocycles. The first-order chi connectivity index (χ1) is 8.51. The van der Waals surface area contributed by atoms with Crippen LogP contribution < -0.4 is 16.0 Å². The van der Waals surface area contributed by atoms with Crippen LogP contribution in [0.25, 0.3) is 0 Å². The first kappa shape index (κ1) is 16.6. The fourth-order valence-corrected chi connectivity index (χ4v) is 1.42. The number of rotatable bonds is 9. The van der Waals surface area contributed by atoms with Crippen molar-refractivity contribution in [2.75, 3.05) is 20.1 Å². The number of hydrogen-bond donors (Lipinski definition) is 3. The second-order valence-electron chi connectivity index (χ2n) is 4.17. The van der Waals surface area contributed by atoms with Gasteiger partial charge in [0.25, 0.3) is 0 Å². The summed E-state index contributed by atoms with van der Waals surface area (Å²) >= 11 is 0. The quantitative estimate of drug-likeness (QED) is 0.490. The van der Waals surface area contributed by atoms with E-state index >= 15 is 0 Å². The smallest absolute Gasteiger partial charge is 0.243 e. The van der Waals surface area contributed by atoms with Crippen molar-refractivity contribution in [1.82, 2.24) is 16.0 Å². The highest BCUT2D eigenvalue weighted by Gasteiger charge is 2.21. The number of nitrogens with one attached hydrogen (secondary N) is 3. The monoisotopic (exact) mass is 257 g/mol. The average Bonchev–Trinajstić information content (AvgIpc) is 2.28. The molecule has 0 aromatic heterocycles. The van der Waals surface area contributed by atoms with Gasteiger partial charge < -0.3 is 16.0 Å². The van der Waals surface area contributed by atoms with Gasteiger partial charge in [0.1, 0.15) is 11.8 Å². The van der Waals surface area contributed by atoms with Crippen LogP contribution in [0.2, 0.25) is 0 Å². The molecule has 0 aliphatic heterocycles. The molecule has 0 bridgehead atoms. The Morgan fingerprint density at radius 1 is 1.17 bits per heavy atom. The lowest BCUT2D eigenvalue weighted by molar-refractivity contribution is -0.131. The maximum atomic E-state index is 11.8. The van der Waals surface area contributed by atoms with E-state index in [1.807, 2.05) is 6.92 Å². The van der Waals surface area contributed by atoms with Crippen LogP contribution in [0.5, 0.6) is 0 Å². The molecule has 18 heavy (non-hydrogen) atoms. The Morgan fingerprint density at radius 3 is 2.33 bits per heavy atom. The molecule has 0 aromatic rings. The van der Waals surface area contributed by atoms with Crippen LogP contribution in [0, 0.1) is 0 Å². The first-order valence-electron chi connectivity index (χ1n) is 6.22. The van der Waals surface area contributed by atoms with Gasteiger partial charge in [-0.1, -0.05) is 6.92 Å². The van der Waals surface area contributed by atoms with Gasteiger partial charge in [0, 0.05) is 25.9 Å². The van der Waals surface area contributed by atoms with E-state index in [4.69, 9.17) is 0 Å². The number of likely N-dealkylation sites (N-methyl/N-ethyl adjacent to an activating group) is 1. The van der Waals surface area contributed by atoms with Gasteiger partial charge >= 0.3 is 0 Å². The minimum atomic E-state index is -0.765. The van der Waals surface area contributed by atoms with Crippen molar-refractivity contribution in [1.29, 1.82) is 0 Å². The third-order valence-corrected chi connectivity index (χ3v) is 2.29. The van der Waals surface area contributed by atoms with Gasteiger partial charge in [0.05, 0.1) is 0 Å². The molecule has 0 heterocycles. The molecular formula is C12H23N3O3. The largest absolute Gasteiger partial charge is 0.353 e. The summed E-state index contributed by atoms with van der Waals surface area (Å²) in [6.45, 7) is 4.39. The van der Waals surface area contributed by atoms with E-state index in [9.17, 15) is 14.4 Å². The molecule has 0 spiro atoms. The van der Waals surface area contributed by atoms with Crippen molar-refractivity contribution in [2.45, 2.75) is 39.2 Å². The summed E-state index contributed by atoms with van der Waals surface area (Å²) in [5.74, 6) is -0.641. The number of carbonyl (C=O) groups is 3. The molecule has 0 rings (SSSR count). The molecule has 0 radical (unpaired) electrons. The molecule has 6 heteroatoms. The molecule has 0 saturated heterocycles. The fraction of sp³-hybridized carbons (Fsp3) is 0.750. The summed E-state index contributed by atoms with van der Waals surface area (Å²) in [5, 5.41) is 8.15. The van der Waals surface area contributed by atoms with Crippen LogP contribution in [0.3, 0.4) is 0 Å². The predicted molar refractivity (Wildman–Crippen MR) is 69.1 cm³/mol. The molecule has 0 fully saturated rings. The summed E-state index contributed by atoms with van der Waals surface area (Å²) in [6.07, 6.45) is 1.10. The zero-order chi connectivity index (χ0) is 14.0. The van der Waals surface area contributed by atoms with Crippen molar-refractivity contribution in [3.05, 3.63) is 0 Å². The molecule has 0 saturated carbocycles. The zero-order valence-corrected chi connectivity index (χ0v) is 11.3. The lowest BCUT2D eigenvalue weighted by Gasteiger charge is -2.17. The Morgan fingerprint density at radius 2 is 1.83 bits per heavy atom. The first-order valence-corrected chi connectivity index (χ1v) is 6.22. The summed E-state index contributed by atoms with van der Waals surface area (Å²) in [6, 6.07) is -0.765. The Labute approximate surface area is 108 Å². The molecule has 1 unspecified atom stereocenters. The summed E-state index contributed by atoms with van der Waals surface area (Å²) in [5.41, 5.74) is 0. The second kappa shape index (κ2) is 9.58. The van der Waals surface area contributed by atoms with Crippen LogP contribution in [0.4, 0.5) is 0 Å². The molecule has 104 valence electrons. The zero-order valence-electron chi connectivity index (χ0n) is 11.3. The normalized spacial score (nSPS) is 11.7. The van der Waals surface area contributed by atoms with E-state index in [-0.39, 0.29) is 24.0 Å². The molecular weight excluding hydrogens is 234 g/mol. The topological polar surface area (TPSA) is 87.3 Å². The summed E-state index contributed by atoms with van der Waals surface area (Å²) < 4.78 is 0. The Bertz CT molecular complexity index is 292. The van der Waals surface area contributed by atoms with Gasteiger partial charge in [-0.2, -0.15) is 0 Å². The predicted octanol–water partition coefficient (Wildman–Crippen LogP) is -0.414. The summed E-state index contributed by atoms with van der Waals surface area (Å²) in [4.78, 5) is 34.3. The van der Waals surface area contributed by atoms with Crippen LogP contribution in [-0.2, 0) is 14.4 Å². The fourth-order valence-electron chi connectivity index (χ4n) is 1.42. The van der Waals surface area contributed by atoms with E-state index in [0.717, 1.165) is 0 Å². The van der Waals surface area contributed by atoms with Crippen LogP contribution in [0.15, 0.2) is 0 Å². The number of ketones is 1. The van der Waals surface area contributed by atoms with E-state index in [2.05, 4.69) is 16.0 Å². The van der Waals surface area contributed by atoms with E-state index in [0.29, 0.717) is 25.9 Å². The Hall–Kier alpha value is -1.43. The molecule has 6 nitrogen and oxygen atoms in total. The minimum absolute atomic E-state index is 0.0286. The van der Waals surface area contributed by atoms with E-state index in [1.54, 1.807) is 7.05 Å². The van der Waals surface area contributed by atoms with Gasteiger partial charge in [-0.25, -0.2) is 0 Å². The Kier molecular flexibility index (Phi) is 8.82. The Balaban J connectivity index is 4.32. The average molecular weight is 257 g/mol. The van der Waals surface area contributed by atoms with E-state index < -0.39 is 6.04 Å². The number of hydrogen-bond acceptors (Lipinski definition) is 4. The van der Waals surface area contributed by atoms with Gasteiger partial charge in [-0.05, 0) is 20.4 Å². The maximum absolute atomic E-state index is 11.8. The molecule has 0 aliphatic carbocycles. The molecule has 0 aliphatic rings. The van der Waals surface area contributed by atoms with Crippen LogP contribution >= 0.6 is 0 Å². The van der Waals surface area contributed by atoms with E-state index in [1.165, 1.54) is 6.92 Å². The van der Waals surface area contributed by atoms with Gasteiger partial charge in [0.15, 0.2) is 0 Å².